The molecular weight excluding hydrogens is 354 g/mol. The lowest BCUT2D eigenvalue weighted by Gasteiger charge is -2.61. The molecule has 28 heavy (non-hydrogen) atoms. The Morgan fingerprint density at radius 3 is 2.50 bits per heavy atom. The van der Waals surface area contributed by atoms with Crippen LogP contribution < -0.4 is 15.0 Å². The molecule has 0 aromatic heterocycles. The molecule has 2 aromatic carbocycles. The normalized spacial score (nSPS) is 22.0. The number of anilines is 1. The summed E-state index contributed by atoms with van der Waals surface area (Å²) >= 11 is 0. The van der Waals surface area contributed by atoms with E-state index in [-0.39, 0.29) is 17.2 Å². The van der Waals surface area contributed by atoms with Crippen LogP contribution in [0, 0.1) is 5.41 Å². The summed E-state index contributed by atoms with van der Waals surface area (Å²) in [6.45, 7) is 3.46. The number of hydrogen-bond acceptors (Lipinski definition) is 4. The molecule has 1 spiro atoms. The molecule has 144 valence electrons. The van der Waals surface area contributed by atoms with E-state index < -0.39 is 6.04 Å². The maximum atomic E-state index is 12.9. The number of benzene rings is 2. The van der Waals surface area contributed by atoms with E-state index in [4.69, 9.17) is 4.74 Å². The van der Waals surface area contributed by atoms with Crippen molar-refractivity contribution in [2.75, 3.05) is 38.2 Å². The molecule has 6 heteroatoms. The van der Waals surface area contributed by atoms with Crippen LogP contribution in [0.4, 0.5) is 5.69 Å². The van der Waals surface area contributed by atoms with Crippen molar-refractivity contribution >= 4 is 17.5 Å². The predicted octanol–water partition coefficient (Wildman–Crippen LogP) is 1.70. The van der Waals surface area contributed by atoms with E-state index in [1.165, 1.54) is 5.69 Å². The molecule has 3 heterocycles. The van der Waals surface area contributed by atoms with Crippen molar-refractivity contribution in [3.8, 4) is 5.75 Å². The predicted molar refractivity (Wildman–Crippen MR) is 106 cm³/mol. The minimum atomic E-state index is -0.447. The van der Waals surface area contributed by atoms with E-state index in [0.29, 0.717) is 12.0 Å². The highest BCUT2D eigenvalue weighted by molar-refractivity contribution is 6.00. The third kappa shape index (κ3) is 2.71. The first-order chi connectivity index (χ1) is 13.6. The smallest absolute Gasteiger partial charge is 0.252 e. The summed E-state index contributed by atoms with van der Waals surface area (Å²) in [5, 5.41) is 2.88. The molecule has 2 fully saturated rings. The quantitative estimate of drug-likeness (QED) is 0.885. The number of carbonyl (C=O) groups excluding carboxylic acids is 2. The number of nitrogens with zero attached hydrogens (tertiary/aromatic N) is 2. The zero-order valence-corrected chi connectivity index (χ0v) is 15.9. The summed E-state index contributed by atoms with van der Waals surface area (Å²) in [6, 6.07) is 15.2. The Bertz CT molecular complexity index is 926. The van der Waals surface area contributed by atoms with E-state index in [9.17, 15) is 9.59 Å². The van der Waals surface area contributed by atoms with Gasteiger partial charge in [-0.1, -0.05) is 18.2 Å². The highest BCUT2D eigenvalue weighted by Crippen LogP contribution is 2.42. The maximum Gasteiger partial charge on any atom is 0.252 e. The molecule has 3 aliphatic rings. The van der Waals surface area contributed by atoms with E-state index >= 15 is 0 Å². The van der Waals surface area contributed by atoms with Gasteiger partial charge in [0.1, 0.15) is 11.8 Å². The van der Waals surface area contributed by atoms with Gasteiger partial charge in [0.2, 0.25) is 5.91 Å². The lowest BCUT2D eigenvalue weighted by atomic mass is 9.72. The molecule has 2 amide bonds. The summed E-state index contributed by atoms with van der Waals surface area (Å²) in [7, 11) is 1.67. The standard InChI is InChI=1S/C22H23N3O3/c1-28-17-8-6-16(7-9-17)24-11-22(12-24)13-25(14-22)21(27)19-10-15-4-2-3-5-18(15)20(26)23-19/h2-9,19H,10-14H2,1H3,(H,23,26). The second-order valence-corrected chi connectivity index (χ2v) is 8.14. The molecule has 2 saturated heterocycles. The van der Waals surface area contributed by atoms with Gasteiger partial charge in [0.25, 0.3) is 5.91 Å². The second-order valence-electron chi connectivity index (χ2n) is 8.14. The SMILES string of the molecule is COc1ccc(N2CC3(CN(C(=O)C4Cc5ccccc5C(=O)N4)C3)C2)cc1. The van der Waals surface area contributed by atoms with Crippen LogP contribution in [0.1, 0.15) is 15.9 Å². The largest absolute Gasteiger partial charge is 0.497 e. The van der Waals surface area contributed by atoms with Gasteiger partial charge < -0.3 is 19.9 Å². The first kappa shape index (κ1) is 17.1. The lowest BCUT2D eigenvalue weighted by molar-refractivity contribution is -0.147. The Labute approximate surface area is 164 Å². The monoisotopic (exact) mass is 377 g/mol. The fraction of sp³-hybridized carbons (Fsp3) is 0.364. The van der Waals surface area contributed by atoms with Gasteiger partial charge in [-0.3, -0.25) is 9.59 Å². The first-order valence-corrected chi connectivity index (χ1v) is 9.63. The van der Waals surface area contributed by atoms with Crippen LogP contribution in [0.5, 0.6) is 5.75 Å². The number of rotatable bonds is 3. The Morgan fingerprint density at radius 1 is 1.07 bits per heavy atom. The van der Waals surface area contributed by atoms with Gasteiger partial charge in [0, 0.05) is 49.3 Å². The van der Waals surface area contributed by atoms with Crippen molar-refractivity contribution < 1.29 is 14.3 Å². The number of nitrogens with one attached hydrogen (secondary N) is 1. The van der Waals surface area contributed by atoms with Crippen LogP contribution in [0.15, 0.2) is 48.5 Å². The van der Waals surface area contributed by atoms with Gasteiger partial charge in [-0.2, -0.15) is 0 Å². The minimum Gasteiger partial charge on any atom is -0.497 e. The molecule has 0 aliphatic carbocycles. The van der Waals surface area contributed by atoms with Gasteiger partial charge in [0.05, 0.1) is 7.11 Å². The summed E-state index contributed by atoms with van der Waals surface area (Å²) < 4.78 is 5.21. The highest BCUT2D eigenvalue weighted by atomic mass is 16.5. The van der Waals surface area contributed by atoms with Crippen LogP contribution in [-0.2, 0) is 11.2 Å². The van der Waals surface area contributed by atoms with Gasteiger partial charge in [0.15, 0.2) is 0 Å². The van der Waals surface area contributed by atoms with Crippen LogP contribution in [0.2, 0.25) is 0 Å². The van der Waals surface area contributed by atoms with Crippen LogP contribution in [-0.4, -0.2) is 56.0 Å². The van der Waals surface area contributed by atoms with Crippen molar-refractivity contribution in [2.45, 2.75) is 12.5 Å². The number of ether oxygens (including phenoxy) is 1. The Balaban J connectivity index is 1.18. The molecule has 1 N–H and O–H groups in total. The Morgan fingerprint density at radius 2 is 1.79 bits per heavy atom. The van der Waals surface area contributed by atoms with Gasteiger partial charge in [-0.25, -0.2) is 0 Å². The van der Waals surface area contributed by atoms with Crippen molar-refractivity contribution in [3.63, 3.8) is 0 Å². The van der Waals surface area contributed by atoms with Crippen LogP contribution >= 0.6 is 0 Å². The minimum absolute atomic E-state index is 0.0383. The summed E-state index contributed by atoms with van der Waals surface area (Å²) in [5.74, 6) is 0.747. The lowest BCUT2D eigenvalue weighted by Crippen LogP contribution is -2.74. The van der Waals surface area contributed by atoms with Crippen LogP contribution in [0.3, 0.4) is 0 Å². The zero-order valence-electron chi connectivity index (χ0n) is 15.9. The average Bonchev–Trinajstić information content (AvgIpc) is 2.66. The molecule has 0 saturated carbocycles. The third-order valence-electron chi connectivity index (χ3n) is 6.14. The first-order valence-electron chi connectivity index (χ1n) is 9.63. The van der Waals surface area contributed by atoms with Crippen molar-refractivity contribution in [1.29, 1.82) is 0 Å². The number of carbonyl (C=O) groups is 2. The van der Waals surface area contributed by atoms with Gasteiger partial charge >= 0.3 is 0 Å². The van der Waals surface area contributed by atoms with Gasteiger partial charge in [-0.05, 0) is 35.9 Å². The fourth-order valence-electron chi connectivity index (χ4n) is 4.65. The van der Waals surface area contributed by atoms with Gasteiger partial charge in [-0.15, -0.1) is 0 Å². The number of amides is 2. The molecular formula is C22H23N3O3. The summed E-state index contributed by atoms with van der Waals surface area (Å²) in [5.41, 5.74) is 3.02. The topological polar surface area (TPSA) is 61.9 Å². The van der Waals surface area contributed by atoms with E-state index in [1.54, 1.807) is 7.11 Å². The van der Waals surface area contributed by atoms with Crippen molar-refractivity contribution in [1.82, 2.24) is 10.2 Å². The summed E-state index contributed by atoms with van der Waals surface area (Å²) in [4.78, 5) is 29.4. The van der Waals surface area contributed by atoms with Crippen molar-refractivity contribution in [3.05, 3.63) is 59.7 Å². The number of hydrogen-bond donors (Lipinski definition) is 1. The third-order valence-corrected chi connectivity index (χ3v) is 6.14. The molecule has 1 atom stereocenters. The maximum absolute atomic E-state index is 12.9. The van der Waals surface area contributed by atoms with Crippen LogP contribution in [0.25, 0.3) is 0 Å². The number of fused-ring (bicyclic) bond motifs is 1. The molecule has 0 radical (unpaired) electrons. The molecule has 6 nitrogen and oxygen atoms in total. The summed E-state index contributed by atoms with van der Waals surface area (Å²) in [6.07, 6.45) is 0.572. The Hall–Kier alpha value is -3.02. The molecule has 2 aromatic rings. The number of likely N-dealkylation sites (tertiary alicyclic amines) is 1. The van der Waals surface area contributed by atoms with E-state index in [1.807, 2.05) is 41.3 Å². The molecule has 0 bridgehead atoms. The average molecular weight is 377 g/mol. The van der Waals surface area contributed by atoms with E-state index in [0.717, 1.165) is 37.5 Å². The number of methoxy groups -OCH3 is 1. The van der Waals surface area contributed by atoms with Crippen molar-refractivity contribution in [2.24, 2.45) is 5.41 Å². The molecule has 3 aliphatic heterocycles. The molecule has 5 rings (SSSR count). The fourth-order valence-corrected chi connectivity index (χ4v) is 4.65. The highest BCUT2D eigenvalue weighted by Gasteiger charge is 2.54. The zero-order chi connectivity index (χ0) is 19.3. The Kier molecular flexibility index (Phi) is 3.82. The molecule has 1 unspecified atom stereocenters. The second kappa shape index (κ2) is 6.26. The van der Waals surface area contributed by atoms with E-state index in [2.05, 4.69) is 22.3 Å².